The van der Waals surface area contributed by atoms with Gasteiger partial charge in [0, 0.05) is 35.7 Å². The molecule has 0 N–H and O–H groups in total. The van der Waals surface area contributed by atoms with Gasteiger partial charge in [-0.1, -0.05) is 19.4 Å². The van der Waals surface area contributed by atoms with Crippen molar-refractivity contribution in [3.8, 4) is 11.8 Å². The fraction of sp³-hybridized carbons (Fsp3) is 0.517. The Morgan fingerprint density at radius 3 is 2.74 bits per heavy atom. The van der Waals surface area contributed by atoms with Crippen LogP contribution in [0.2, 0.25) is 0 Å². The highest BCUT2D eigenvalue weighted by Crippen LogP contribution is 2.32. The number of ether oxygens (including phenoxy) is 1. The first-order chi connectivity index (χ1) is 16.4. The summed E-state index contributed by atoms with van der Waals surface area (Å²) >= 11 is 0. The Morgan fingerprint density at radius 2 is 2.00 bits per heavy atom. The molecule has 0 spiro atoms. The summed E-state index contributed by atoms with van der Waals surface area (Å²) in [5, 5.41) is 11.2. The predicted molar refractivity (Wildman–Crippen MR) is 141 cm³/mol. The summed E-state index contributed by atoms with van der Waals surface area (Å²) < 4.78 is 19.1. The van der Waals surface area contributed by atoms with Gasteiger partial charge in [-0.25, -0.2) is 0 Å². The molecule has 1 saturated heterocycles. The van der Waals surface area contributed by atoms with E-state index in [0.29, 0.717) is 24.6 Å². The zero-order valence-corrected chi connectivity index (χ0v) is 21.7. The van der Waals surface area contributed by atoms with E-state index in [1.165, 1.54) is 17.5 Å². The van der Waals surface area contributed by atoms with Gasteiger partial charge in [-0.05, 0) is 108 Å². The van der Waals surface area contributed by atoms with Gasteiger partial charge in [0.15, 0.2) is 0 Å². The Hall–Kier alpha value is -2.29. The molecule has 4 rings (SSSR count). The van der Waals surface area contributed by atoms with E-state index < -0.39 is 9.52 Å². The fourth-order valence-corrected chi connectivity index (χ4v) is 7.00. The number of hydrogen-bond donors (Lipinski definition) is 0. The van der Waals surface area contributed by atoms with Crippen molar-refractivity contribution in [2.45, 2.75) is 75.8 Å². The third kappa shape index (κ3) is 5.85. The molecule has 0 radical (unpaired) electrons. The van der Waals surface area contributed by atoms with Crippen molar-refractivity contribution in [2.24, 2.45) is 5.92 Å². The van der Waals surface area contributed by atoms with E-state index in [2.05, 4.69) is 36.9 Å². The minimum Gasteiger partial charge on any atom is -0.493 e. The number of unbranched alkanes of at least 4 members (excludes halogenated alkanes) is 2. The van der Waals surface area contributed by atoms with Crippen LogP contribution in [-0.4, -0.2) is 46.0 Å². The van der Waals surface area contributed by atoms with Gasteiger partial charge < -0.3 is 4.74 Å². The number of nitrogens with zero attached hydrogens (tertiary/aromatic N) is 2. The smallest absolute Gasteiger partial charge is 0.119 e. The molecular formula is C29H38N2O2S. The Bertz CT molecular complexity index is 1140. The van der Waals surface area contributed by atoms with Crippen LogP contribution in [0.3, 0.4) is 0 Å². The van der Waals surface area contributed by atoms with Crippen molar-refractivity contribution >= 4 is 14.9 Å². The molecule has 2 aromatic rings. The van der Waals surface area contributed by atoms with Gasteiger partial charge in [-0.2, -0.15) is 5.26 Å². The maximum atomic E-state index is 13.0. The first-order valence-corrected chi connectivity index (χ1v) is 14.8. The largest absolute Gasteiger partial charge is 0.493 e. The van der Waals surface area contributed by atoms with E-state index >= 15 is 0 Å². The summed E-state index contributed by atoms with van der Waals surface area (Å²) in [5.74, 6) is 1.37. The molecular weight excluding hydrogens is 440 g/mol. The second-order valence-electron chi connectivity index (χ2n) is 10.1. The van der Waals surface area contributed by atoms with Crippen molar-refractivity contribution in [1.29, 1.82) is 5.26 Å². The predicted octanol–water partition coefficient (Wildman–Crippen LogP) is 5.47. The lowest BCUT2D eigenvalue weighted by atomic mass is 9.86. The Balaban J connectivity index is 1.32. The molecule has 2 aliphatic rings. The molecule has 34 heavy (non-hydrogen) atoms. The molecule has 5 heteroatoms. The topological polar surface area (TPSA) is 53.3 Å². The van der Waals surface area contributed by atoms with Gasteiger partial charge in [-0.15, -0.1) is 0 Å². The monoisotopic (exact) mass is 478 g/mol. The van der Waals surface area contributed by atoms with Gasteiger partial charge >= 0.3 is 0 Å². The molecule has 1 aliphatic heterocycles. The van der Waals surface area contributed by atoms with Crippen molar-refractivity contribution in [3.63, 3.8) is 0 Å². The van der Waals surface area contributed by atoms with Crippen molar-refractivity contribution in [2.75, 3.05) is 19.4 Å². The average molecular weight is 479 g/mol. The molecule has 1 fully saturated rings. The minimum absolute atomic E-state index is 0.513. The van der Waals surface area contributed by atoms with Gasteiger partial charge in [-0.3, -0.25) is 9.11 Å². The summed E-state index contributed by atoms with van der Waals surface area (Å²) in [6, 6.07) is 17.4. The number of nitriles is 1. The van der Waals surface area contributed by atoms with Crippen LogP contribution in [0.1, 0.15) is 62.6 Å². The van der Waals surface area contributed by atoms with Gasteiger partial charge in [0.25, 0.3) is 0 Å². The minimum atomic E-state index is -2.09. The normalized spacial score (nSPS) is 24.1. The van der Waals surface area contributed by atoms with Gasteiger partial charge in [0.2, 0.25) is 0 Å². The van der Waals surface area contributed by atoms with Gasteiger partial charge in [0.05, 0.1) is 18.2 Å². The lowest BCUT2D eigenvalue weighted by Gasteiger charge is -2.35. The van der Waals surface area contributed by atoms with E-state index in [9.17, 15) is 9.47 Å². The van der Waals surface area contributed by atoms with Crippen LogP contribution < -0.4 is 4.74 Å². The summed E-state index contributed by atoms with van der Waals surface area (Å²) in [5.41, 5.74) is 3.52. The first-order valence-electron chi connectivity index (χ1n) is 12.7. The average Bonchev–Trinajstić information content (AvgIpc) is 3.22. The van der Waals surface area contributed by atoms with E-state index in [-0.39, 0.29) is 0 Å². The molecule has 2 aromatic carbocycles. The van der Waals surface area contributed by atoms with Crippen LogP contribution in [-0.2, 0) is 22.4 Å². The second-order valence-corrected chi connectivity index (χ2v) is 12.7. The highest BCUT2D eigenvalue weighted by atomic mass is 32.2. The van der Waals surface area contributed by atoms with E-state index in [1.54, 1.807) is 0 Å². The molecule has 4 atom stereocenters. The van der Waals surface area contributed by atoms with Crippen LogP contribution in [0, 0.1) is 17.2 Å². The number of hydrogen-bond acceptors (Lipinski definition) is 4. The first kappa shape index (κ1) is 24.8. The van der Waals surface area contributed by atoms with E-state index in [1.807, 2.05) is 42.0 Å². The summed E-state index contributed by atoms with van der Waals surface area (Å²) in [6.07, 6.45) is 9.39. The van der Waals surface area contributed by atoms with Crippen molar-refractivity contribution < 1.29 is 8.95 Å². The Labute approximate surface area is 205 Å². The van der Waals surface area contributed by atoms with Crippen LogP contribution in [0.25, 0.3) is 0 Å². The molecule has 2 unspecified atom stereocenters. The van der Waals surface area contributed by atoms with Gasteiger partial charge in [0.1, 0.15) is 5.75 Å². The van der Waals surface area contributed by atoms with E-state index in [4.69, 9.17) is 4.74 Å². The summed E-state index contributed by atoms with van der Waals surface area (Å²) in [7, 11) is -2.09. The highest BCUT2D eigenvalue weighted by Gasteiger charge is 2.35. The Kier molecular flexibility index (Phi) is 8.01. The Morgan fingerprint density at radius 1 is 1.21 bits per heavy atom. The lowest BCUT2D eigenvalue weighted by molar-refractivity contribution is 0.164. The highest BCUT2D eigenvalue weighted by molar-refractivity contribution is 8.00. The maximum absolute atomic E-state index is 13.0. The number of aryl methyl sites for hydroxylation is 1. The van der Waals surface area contributed by atoms with Crippen LogP contribution in [0.4, 0.5) is 0 Å². The lowest BCUT2D eigenvalue weighted by Crippen LogP contribution is -2.41. The third-order valence-corrected chi connectivity index (χ3v) is 9.57. The molecule has 0 saturated carbocycles. The van der Waals surface area contributed by atoms with Crippen LogP contribution in [0.15, 0.2) is 47.4 Å². The molecule has 4 nitrogen and oxygen atoms in total. The zero-order valence-electron chi connectivity index (χ0n) is 20.8. The fourth-order valence-electron chi connectivity index (χ4n) is 5.52. The van der Waals surface area contributed by atoms with E-state index in [0.717, 1.165) is 61.3 Å². The summed E-state index contributed by atoms with van der Waals surface area (Å²) in [6.45, 7) is 6.27. The number of fused-ring (bicyclic) bond motifs is 1. The van der Waals surface area contributed by atoms with Crippen LogP contribution >= 0.6 is 0 Å². The quantitative estimate of drug-likeness (QED) is 0.373. The standard InChI is InChI=1S/C29H38N2O2S/c1-4-5-6-15-34(3,32)29-13-11-28(12-14-29)33-21-24-16-22(2)31(20-24)27-10-9-25-8-7-23(19-30)17-26(25)18-27/h7-8,11-15,17,22,24,27H,4-6,9-10,16,18,20-21H2,1-3H3/t22-,24+,27?,34?/m1/s1. The maximum Gasteiger partial charge on any atom is 0.119 e. The van der Waals surface area contributed by atoms with Crippen LogP contribution in [0.5, 0.6) is 5.75 Å². The number of likely N-dealkylation sites (tertiary alicyclic amines) is 1. The second kappa shape index (κ2) is 11.0. The third-order valence-electron chi connectivity index (χ3n) is 7.49. The van der Waals surface area contributed by atoms with Crippen molar-refractivity contribution in [3.05, 3.63) is 59.2 Å². The summed E-state index contributed by atoms with van der Waals surface area (Å²) in [4.78, 5) is 3.55. The van der Waals surface area contributed by atoms with Crippen molar-refractivity contribution in [1.82, 2.24) is 4.90 Å². The molecule has 1 heterocycles. The molecule has 182 valence electrons. The zero-order chi connectivity index (χ0) is 24.1. The molecule has 0 aromatic heterocycles. The molecule has 0 bridgehead atoms. The SMILES string of the molecule is CCCCC=S(C)(=O)c1ccc(OC[C@H]2C[C@@H](C)N(C3CCc4ccc(C#N)cc4C3)C2)cc1. The molecule has 1 aliphatic carbocycles. The number of rotatable bonds is 8. The number of benzene rings is 2. The molecule has 0 amide bonds.